The summed E-state index contributed by atoms with van der Waals surface area (Å²) in [7, 11) is 1.70. The Kier molecular flexibility index (Phi) is 6.34. The number of piperidine rings is 1. The number of fused-ring (bicyclic) bond motifs is 1. The molecule has 1 N–H and O–H groups in total. The Bertz CT molecular complexity index is 1000. The molecular weight excluding hydrogens is 370 g/mol. The van der Waals surface area contributed by atoms with Crippen LogP contribution >= 0.6 is 0 Å². The number of para-hydroxylation sites is 1. The van der Waals surface area contributed by atoms with Gasteiger partial charge in [-0.05, 0) is 44.0 Å². The van der Waals surface area contributed by atoms with Crippen LogP contribution in [0.3, 0.4) is 0 Å². The van der Waals surface area contributed by atoms with Gasteiger partial charge in [-0.15, -0.1) is 6.58 Å². The zero-order valence-electron chi connectivity index (χ0n) is 18.0. The minimum atomic E-state index is 0.183. The number of aromatic nitrogens is 1. The smallest absolute Gasteiger partial charge is 0.145 e. The van der Waals surface area contributed by atoms with E-state index >= 15 is 0 Å². The molecule has 4 nitrogen and oxygen atoms in total. The summed E-state index contributed by atoms with van der Waals surface area (Å²) in [6.45, 7) is 8.07. The molecule has 1 aliphatic rings. The summed E-state index contributed by atoms with van der Waals surface area (Å²) < 4.78 is 5.58. The molecule has 3 aromatic rings. The molecule has 0 saturated carbocycles. The van der Waals surface area contributed by atoms with Crippen LogP contribution < -0.4 is 10.1 Å². The number of ether oxygens (including phenoxy) is 1. The molecule has 2 heterocycles. The molecule has 4 rings (SSSR count). The van der Waals surface area contributed by atoms with Crippen molar-refractivity contribution in [3.05, 3.63) is 78.5 Å². The summed E-state index contributed by atoms with van der Waals surface area (Å²) in [6, 6.07) is 19.7. The third-order valence-electron chi connectivity index (χ3n) is 6.03. The van der Waals surface area contributed by atoms with Gasteiger partial charge in [0.25, 0.3) is 0 Å². The van der Waals surface area contributed by atoms with E-state index in [9.17, 15) is 0 Å². The van der Waals surface area contributed by atoms with Crippen molar-refractivity contribution in [2.24, 2.45) is 0 Å². The number of nitrogens with zero attached hydrogens (tertiary/aromatic N) is 2. The summed E-state index contributed by atoms with van der Waals surface area (Å²) in [5, 5.41) is 5.01. The van der Waals surface area contributed by atoms with Crippen molar-refractivity contribution in [2.75, 3.05) is 25.5 Å². The molecule has 2 aromatic carbocycles. The van der Waals surface area contributed by atoms with Gasteiger partial charge in [0.05, 0.1) is 13.2 Å². The Morgan fingerprint density at radius 1 is 1.20 bits per heavy atom. The monoisotopic (exact) mass is 401 g/mol. The standard InChI is InChI=1S/C26H31N3O/c1-4-16-29-17-9-8-14-23(29)25(20-11-6-5-7-12-20)28-22-18-19(2)27-26-21(22)13-10-15-24(26)30-3/h4-7,10-13,15,18,23,25H,1,8-9,14,16-17H2,2-3H3,(H,27,28)/t23?,25-/m0/s1. The molecule has 0 aliphatic carbocycles. The van der Waals surface area contributed by atoms with Gasteiger partial charge >= 0.3 is 0 Å². The van der Waals surface area contributed by atoms with Crippen LogP contribution in [-0.4, -0.2) is 36.1 Å². The lowest BCUT2D eigenvalue weighted by Gasteiger charge is -2.41. The van der Waals surface area contributed by atoms with Crippen LogP contribution in [0.4, 0.5) is 5.69 Å². The van der Waals surface area contributed by atoms with E-state index in [1.165, 1.54) is 24.8 Å². The normalized spacial score (nSPS) is 18.1. The van der Waals surface area contributed by atoms with Crippen molar-refractivity contribution in [1.29, 1.82) is 0 Å². The van der Waals surface area contributed by atoms with Crippen molar-refractivity contribution < 1.29 is 4.74 Å². The van der Waals surface area contributed by atoms with E-state index < -0.39 is 0 Å². The number of aryl methyl sites for hydroxylation is 1. The van der Waals surface area contributed by atoms with E-state index in [2.05, 4.69) is 59.3 Å². The van der Waals surface area contributed by atoms with Gasteiger partial charge in [0, 0.05) is 29.4 Å². The van der Waals surface area contributed by atoms with Crippen molar-refractivity contribution in [2.45, 2.75) is 38.3 Å². The van der Waals surface area contributed by atoms with Crippen molar-refractivity contribution in [3.8, 4) is 5.75 Å². The third-order valence-corrected chi connectivity index (χ3v) is 6.03. The molecule has 0 amide bonds. The first-order chi connectivity index (χ1) is 14.7. The number of pyridine rings is 1. The van der Waals surface area contributed by atoms with Crippen LogP contribution in [0.15, 0.2) is 67.3 Å². The van der Waals surface area contributed by atoms with E-state index in [-0.39, 0.29) is 6.04 Å². The topological polar surface area (TPSA) is 37.4 Å². The SMILES string of the molecule is C=CCN1CCCCC1[C@@H](Nc1cc(C)nc2c(OC)cccc12)c1ccccc1. The van der Waals surface area contributed by atoms with E-state index in [1.807, 2.05) is 25.1 Å². The zero-order chi connectivity index (χ0) is 20.9. The summed E-state index contributed by atoms with van der Waals surface area (Å²) in [5.74, 6) is 0.807. The molecule has 0 spiro atoms. The van der Waals surface area contributed by atoms with Gasteiger partial charge in [-0.1, -0.05) is 55.0 Å². The second kappa shape index (κ2) is 9.31. The first-order valence-corrected chi connectivity index (χ1v) is 10.8. The Morgan fingerprint density at radius 3 is 2.80 bits per heavy atom. The first kappa shape index (κ1) is 20.4. The molecule has 1 unspecified atom stereocenters. The number of methoxy groups -OCH3 is 1. The molecule has 4 heteroatoms. The second-order valence-electron chi connectivity index (χ2n) is 8.05. The number of likely N-dealkylation sites (tertiary alicyclic amines) is 1. The quantitative estimate of drug-likeness (QED) is 0.512. The van der Waals surface area contributed by atoms with Crippen LogP contribution in [0.2, 0.25) is 0 Å². The summed E-state index contributed by atoms with van der Waals surface area (Å²) in [4.78, 5) is 7.32. The van der Waals surface area contributed by atoms with E-state index in [4.69, 9.17) is 9.72 Å². The highest BCUT2D eigenvalue weighted by Crippen LogP contribution is 2.36. The molecule has 1 fully saturated rings. The molecule has 156 valence electrons. The number of rotatable bonds is 7. The minimum absolute atomic E-state index is 0.183. The third kappa shape index (κ3) is 4.19. The van der Waals surface area contributed by atoms with E-state index in [1.54, 1.807) is 7.11 Å². The van der Waals surface area contributed by atoms with Crippen molar-refractivity contribution in [1.82, 2.24) is 9.88 Å². The fraction of sp³-hybridized carbons (Fsp3) is 0.346. The largest absolute Gasteiger partial charge is 0.494 e. The van der Waals surface area contributed by atoms with Gasteiger partial charge in [-0.3, -0.25) is 4.90 Å². The number of hydrogen-bond donors (Lipinski definition) is 1. The highest BCUT2D eigenvalue weighted by atomic mass is 16.5. The van der Waals surface area contributed by atoms with Gasteiger partial charge in [0.15, 0.2) is 0 Å². The van der Waals surface area contributed by atoms with E-state index in [0.29, 0.717) is 6.04 Å². The average molecular weight is 402 g/mol. The van der Waals surface area contributed by atoms with Crippen LogP contribution in [0.5, 0.6) is 5.75 Å². The van der Waals surface area contributed by atoms with Crippen molar-refractivity contribution in [3.63, 3.8) is 0 Å². The Hall–Kier alpha value is -2.85. The average Bonchev–Trinajstić information content (AvgIpc) is 2.78. The van der Waals surface area contributed by atoms with Gasteiger partial charge in [-0.25, -0.2) is 4.98 Å². The maximum atomic E-state index is 5.58. The molecular formula is C26H31N3O. The molecule has 30 heavy (non-hydrogen) atoms. The molecule has 0 radical (unpaired) electrons. The number of anilines is 1. The summed E-state index contributed by atoms with van der Waals surface area (Å²) >= 11 is 0. The first-order valence-electron chi connectivity index (χ1n) is 10.8. The summed E-state index contributed by atoms with van der Waals surface area (Å²) in [5.41, 5.74) is 4.30. The zero-order valence-corrected chi connectivity index (χ0v) is 18.0. The number of nitrogens with one attached hydrogen (secondary N) is 1. The predicted molar refractivity (Wildman–Crippen MR) is 125 cm³/mol. The second-order valence-corrected chi connectivity index (χ2v) is 8.05. The van der Waals surface area contributed by atoms with Crippen LogP contribution in [0.1, 0.15) is 36.6 Å². The fourth-order valence-corrected chi connectivity index (χ4v) is 4.65. The maximum Gasteiger partial charge on any atom is 0.145 e. The molecule has 0 bridgehead atoms. The van der Waals surface area contributed by atoms with Gasteiger partial charge in [-0.2, -0.15) is 0 Å². The molecule has 1 aliphatic heterocycles. The predicted octanol–water partition coefficient (Wildman–Crippen LogP) is 5.75. The number of benzene rings is 2. The lowest BCUT2D eigenvalue weighted by molar-refractivity contribution is 0.147. The highest BCUT2D eigenvalue weighted by molar-refractivity contribution is 5.95. The lowest BCUT2D eigenvalue weighted by Crippen LogP contribution is -2.45. The lowest BCUT2D eigenvalue weighted by atomic mass is 9.90. The van der Waals surface area contributed by atoms with Crippen LogP contribution in [-0.2, 0) is 0 Å². The maximum absolute atomic E-state index is 5.58. The van der Waals surface area contributed by atoms with Gasteiger partial charge < -0.3 is 10.1 Å². The molecule has 1 aromatic heterocycles. The highest BCUT2D eigenvalue weighted by Gasteiger charge is 2.30. The fourth-order valence-electron chi connectivity index (χ4n) is 4.65. The Morgan fingerprint density at radius 2 is 2.03 bits per heavy atom. The van der Waals surface area contributed by atoms with Crippen LogP contribution in [0, 0.1) is 6.92 Å². The van der Waals surface area contributed by atoms with Crippen LogP contribution in [0.25, 0.3) is 10.9 Å². The minimum Gasteiger partial charge on any atom is -0.494 e. The van der Waals surface area contributed by atoms with Gasteiger partial charge in [0.1, 0.15) is 11.3 Å². The Balaban J connectivity index is 1.79. The molecule has 1 saturated heterocycles. The Labute approximate surface area is 179 Å². The van der Waals surface area contributed by atoms with Gasteiger partial charge in [0.2, 0.25) is 0 Å². The number of hydrogen-bond acceptors (Lipinski definition) is 4. The molecule has 2 atom stereocenters. The van der Waals surface area contributed by atoms with Crippen molar-refractivity contribution >= 4 is 16.6 Å². The van der Waals surface area contributed by atoms with E-state index in [0.717, 1.165) is 41.1 Å². The summed E-state index contributed by atoms with van der Waals surface area (Å²) in [6.07, 6.45) is 5.70.